The second kappa shape index (κ2) is 56.3. The smallest absolute Gasteiger partial charge is 0.357 e. The van der Waals surface area contributed by atoms with Crippen LogP contribution in [-0.4, -0.2) is 6.09 Å². The molecule has 2 rings (SSSR count). The summed E-state index contributed by atoms with van der Waals surface area (Å²) in [5.74, 6) is 4.20. The largest absolute Gasteiger partial charge is 0.423 e. The second-order valence-electron chi connectivity index (χ2n) is 20.0. The van der Waals surface area contributed by atoms with E-state index in [0.29, 0.717) is 0 Å². The van der Waals surface area contributed by atoms with E-state index in [0.717, 1.165) is 0 Å². The minimum Gasteiger partial charge on any atom is -0.357 e. The first-order chi connectivity index (χ1) is 32.2. The quantitative estimate of drug-likeness (QED) is 0.0513. The Labute approximate surface area is 407 Å². The number of carbonyl (C=O) groups excluding carboxylic acids is 1. The molecule has 4 N–H and O–H groups in total. The number of primary amides is 1. The van der Waals surface area contributed by atoms with Crippen molar-refractivity contribution in [3.8, 4) is 0 Å². The molecule has 0 aliphatic rings. The number of hydrogen-bond acceptors (Lipinski definition) is 3. The summed E-state index contributed by atoms with van der Waals surface area (Å²) in [4.78, 5) is 12.6. The van der Waals surface area contributed by atoms with Gasteiger partial charge in [-0.25, -0.2) is 4.79 Å². The van der Waals surface area contributed by atoms with Gasteiger partial charge in [0.15, 0.2) is 0 Å². The molecular formula is C61H114N2O2. The maximum atomic E-state index is 9.24. The maximum absolute atomic E-state index is 9.24. The highest BCUT2D eigenvalue weighted by atomic mass is 16.7. The molecule has 0 saturated heterocycles. The van der Waals surface area contributed by atoms with Gasteiger partial charge >= 0.3 is 6.09 Å². The van der Waals surface area contributed by atoms with Crippen LogP contribution >= 0.6 is 0 Å². The van der Waals surface area contributed by atoms with E-state index < -0.39 is 6.09 Å². The molecule has 4 nitrogen and oxygen atoms in total. The molecule has 0 aromatic heterocycles. The number of carbonyl (C=O) groups is 1. The van der Waals surface area contributed by atoms with Gasteiger partial charge in [0.1, 0.15) is 0 Å². The third-order valence-corrected chi connectivity index (χ3v) is 13.7. The molecule has 0 saturated carbocycles. The Bertz CT molecular complexity index is 1060. The average molecular weight is 908 g/mol. The Morgan fingerprint density at radius 3 is 0.492 bits per heavy atom. The highest BCUT2D eigenvalue weighted by Gasteiger charge is 1.99. The molecule has 2 aromatic rings. The zero-order valence-corrected chi connectivity index (χ0v) is 44.0. The first kappa shape index (κ1) is 62.9. The minimum absolute atomic E-state index is 0.968. The van der Waals surface area contributed by atoms with Crippen LogP contribution in [0.3, 0.4) is 0 Å². The molecular weight excluding hydrogens is 793 g/mol. The zero-order chi connectivity index (χ0) is 47.0. The molecule has 0 fully saturated rings. The molecule has 0 radical (unpaired) electrons. The van der Waals surface area contributed by atoms with E-state index in [2.05, 4.69) is 78.8 Å². The summed E-state index contributed by atoms with van der Waals surface area (Å²) in [6.45, 7) is 4.62. The normalized spacial score (nSPS) is 11.0. The number of amides is 1. The van der Waals surface area contributed by atoms with E-state index in [1.165, 1.54) is 319 Å². The van der Waals surface area contributed by atoms with Crippen LogP contribution in [0.25, 0.3) is 10.8 Å². The van der Waals surface area contributed by atoms with Gasteiger partial charge in [0, 0.05) is 0 Å². The molecule has 380 valence electrons. The fourth-order valence-electron chi connectivity index (χ4n) is 9.41. The standard InChI is InChI=1S/C50H102.C10H8.CH4N2O2/c1-3-5-7-9-11-13-15-17-19-21-23-25-27-29-31-33-35-37-39-41-43-45-47-49-50-48-46-44-42-40-38-36-34-32-30-28-26-24-22-20-18-16-14-12-10-8-6-4-2;1-2-6-10-8-4-3-7-9(10)5-1;2-1(4)5-3/h3-50H2,1-2H3;1-8H;3H2,(H2,2,4). The molecule has 2 aromatic carbocycles. The zero-order valence-electron chi connectivity index (χ0n) is 44.0. The van der Waals surface area contributed by atoms with Gasteiger partial charge < -0.3 is 10.6 Å². The number of benzene rings is 2. The van der Waals surface area contributed by atoms with Gasteiger partial charge in [0.25, 0.3) is 0 Å². The van der Waals surface area contributed by atoms with Crippen LogP contribution in [0.2, 0.25) is 0 Å². The average Bonchev–Trinajstić information content (AvgIpc) is 3.33. The Morgan fingerprint density at radius 1 is 0.292 bits per heavy atom. The third-order valence-electron chi connectivity index (χ3n) is 13.7. The predicted octanol–water partition coefficient (Wildman–Crippen LogP) is 21.5. The molecule has 1 amide bonds. The summed E-state index contributed by atoms with van der Waals surface area (Å²) in [6.07, 6.45) is 70.4. The molecule has 0 aliphatic carbocycles. The summed E-state index contributed by atoms with van der Waals surface area (Å²) in [5.41, 5.74) is 4.31. The van der Waals surface area contributed by atoms with Gasteiger partial charge in [0.05, 0.1) is 0 Å². The van der Waals surface area contributed by atoms with Gasteiger partial charge in [-0.1, -0.05) is 371 Å². The summed E-state index contributed by atoms with van der Waals surface area (Å²) in [5, 5.41) is 2.62. The monoisotopic (exact) mass is 907 g/mol. The van der Waals surface area contributed by atoms with E-state index in [9.17, 15) is 4.79 Å². The van der Waals surface area contributed by atoms with Crippen molar-refractivity contribution in [2.45, 2.75) is 322 Å². The lowest BCUT2D eigenvalue weighted by molar-refractivity contribution is 0.159. The van der Waals surface area contributed by atoms with Crippen LogP contribution in [0, 0.1) is 0 Å². The predicted molar refractivity (Wildman–Crippen MR) is 292 cm³/mol. The molecule has 0 spiro atoms. The highest BCUT2D eigenvalue weighted by Crippen LogP contribution is 2.19. The molecule has 0 atom stereocenters. The number of unbranched alkanes of at least 4 members (excludes halogenated alkanes) is 47. The van der Waals surface area contributed by atoms with Crippen molar-refractivity contribution in [3.05, 3.63) is 48.5 Å². The Kier molecular flexibility index (Phi) is 54.5. The minimum atomic E-state index is -0.968. The first-order valence-electron chi connectivity index (χ1n) is 29.3. The Balaban J connectivity index is 0.00000226. The third kappa shape index (κ3) is 52.8. The van der Waals surface area contributed by atoms with Crippen LogP contribution in [-0.2, 0) is 4.84 Å². The van der Waals surface area contributed by atoms with Gasteiger partial charge in [-0.2, -0.15) is 5.90 Å². The van der Waals surface area contributed by atoms with Gasteiger partial charge in [-0.05, 0) is 10.8 Å². The van der Waals surface area contributed by atoms with Crippen molar-refractivity contribution in [2.75, 3.05) is 0 Å². The van der Waals surface area contributed by atoms with Crippen molar-refractivity contribution < 1.29 is 9.63 Å². The molecule has 0 unspecified atom stereocenters. The number of hydrogen-bond donors (Lipinski definition) is 2. The first-order valence-corrected chi connectivity index (χ1v) is 29.3. The van der Waals surface area contributed by atoms with Crippen molar-refractivity contribution in [1.29, 1.82) is 0 Å². The van der Waals surface area contributed by atoms with Crippen LogP contribution < -0.4 is 11.6 Å². The van der Waals surface area contributed by atoms with E-state index in [-0.39, 0.29) is 0 Å². The van der Waals surface area contributed by atoms with E-state index in [4.69, 9.17) is 0 Å². The Hall–Kier alpha value is -2.07. The molecule has 0 heterocycles. The van der Waals surface area contributed by atoms with Crippen LogP contribution in [0.4, 0.5) is 4.79 Å². The SMILES string of the molecule is CCCCCCCCCCCCCCCCCCCCCCCCCCCCCCCCCCCCCCCCCCCCCCCCCC.NOC(N)=O.c1ccc2ccccc2c1. The topological polar surface area (TPSA) is 78.3 Å². The van der Waals surface area contributed by atoms with Crippen LogP contribution in [0.5, 0.6) is 0 Å². The van der Waals surface area contributed by atoms with E-state index in [1.54, 1.807) is 0 Å². The highest BCUT2D eigenvalue weighted by molar-refractivity contribution is 5.82. The summed E-state index contributed by atoms with van der Waals surface area (Å²) in [7, 11) is 0. The van der Waals surface area contributed by atoms with E-state index in [1.807, 2.05) is 0 Å². The molecule has 65 heavy (non-hydrogen) atoms. The maximum Gasteiger partial charge on any atom is 0.423 e. The fraction of sp³-hybridized carbons (Fsp3) is 0.820. The van der Waals surface area contributed by atoms with Gasteiger partial charge in [-0.3, -0.25) is 0 Å². The Morgan fingerprint density at radius 2 is 0.400 bits per heavy atom. The number of fused-ring (bicyclic) bond motifs is 1. The van der Waals surface area contributed by atoms with Gasteiger partial charge in [0.2, 0.25) is 0 Å². The van der Waals surface area contributed by atoms with Crippen molar-refractivity contribution in [2.24, 2.45) is 11.6 Å². The lowest BCUT2D eigenvalue weighted by atomic mass is 10.0. The lowest BCUT2D eigenvalue weighted by Gasteiger charge is -2.05. The molecule has 4 heteroatoms. The summed E-state index contributed by atoms with van der Waals surface area (Å²) in [6, 6.07) is 16.7. The number of nitrogens with two attached hydrogens (primary N) is 2. The van der Waals surface area contributed by atoms with Crippen molar-refractivity contribution >= 4 is 16.9 Å². The van der Waals surface area contributed by atoms with Crippen molar-refractivity contribution in [3.63, 3.8) is 0 Å². The summed E-state index contributed by atoms with van der Waals surface area (Å²) < 4.78 is 0. The number of rotatable bonds is 47. The fourth-order valence-corrected chi connectivity index (χ4v) is 9.41. The summed E-state index contributed by atoms with van der Waals surface area (Å²) >= 11 is 0. The molecule has 0 bridgehead atoms. The van der Waals surface area contributed by atoms with Crippen LogP contribution in [0.15, 0.2) is 48.5 Å². The molecule has 0 aliphatic heterocycles. The van der Waals surface area contributed by atoms with Crippen molar-refractivity contribution in [1.82, 2.24) is 0 Å². The second-order valence-corrected chi connectivity index (χ2v) is 20.0. The van der Waals surface area contributed by atoms with Crippen LogP contribution in [0.1, 0.15) is 322 Å². The lowest BCUT2D eigenvalue weighted by Crippen LogP contribution is -2.16. The van der Waals surface area contributed by atoms with Gasteiger partial charge in [-0.15, -0.1) is 0 Å². The van der Waals surface area contributed by atoms with E-state index >= 15 is 0 Å².